The van der Waals surface area contributed by atoms with Crippen LogP contribution in [0.15, 0.2) is 36.4 Å². The van der Waals surface area contributed by atoms with E-state index >= 15 is 0 Å². The molecule has 1 aromatic heterocycles. The van der Waals surface area contributed by atoms with Gasteiger partial charge in [-0.3, -0.25) is 0 Å². The van der Waals surface area contributed by atoms with Crippen molar-refractivity contribution < 1.29 is 5.11 Å². The Labute approximate surface area is 121 Å². The molecule has 0 saturated heterocycles. The standard InChI is InChI=1S/C14H13ClN2OS/c15-14-6-5-13(19-14)12(18)9-17-8-11-3-1-10(7-16)2-4-11/h1-6,12,17-18H,8-9H2. The van der Waals surface area contributed by atoms with E-state index in [2.05, 4.69) is 11.4 Å². The van der Waals surface area contributed by atoms with Gasteiger partial charge in [0.05, 0.1) is 16.0 Å². The van der Waals surface area contributed by atoms with Gasteiger partial charge in [0.2, 0.25) is 0 Å². The van der Waals surface area contributed by atoms with Gasteiger partial charge in [-0.2, -0.15) is 5.26 Å². The molecule has 2 rings (SSSR count). The van der Waals surface area contributed by atoms with Crippen molar-refractivity contribution in [2.24, 2.45) is 0 Å². The molecule has 0 aliphatic rings. The highest BCUT2D eigenvalue weighted by Crippen LogP contribution is 2.26. The third kappa shape index (κ3) is 4.05. The van der Waals surface area contributed by atoms with Crippen molar-refractivity contribution >= 4 is 22.9 Å². The summed E-state index contributed by atoms with van der Waals surface area (Å²) in [5.74, 6) is 0. The van der Waals surface area contributed by atoms with E-state index in [1.165, 1.54) is 11.3 Å². The van der Waals surface area contributed by atoms with E-state index in [1.807, 2.05) is 18.2 Å². The zero-order valence-electron chi connectivity index (χ0n) is 10.1. The van der Waals surface area contributed by atoms with Crippen LogP contribution in [0.2, 0.25) is 4.34 Å². The molecule has 5 heteroatoms. The Morgan fingerprint density at radius 1 is 1.26 bits per heavy atom. The normalized spacial score (nSPS) is 12.1. The first-order valence-electron chi connectivity index (χ1n) is 5.82. The number of hydrogen-bond donors (Lipinski definition) is 2. The molecular formula is C14H13ClN2OS. The molecular weight excluding hydrogens is 280 g/mol. The average molecular weight is 293 g/mol. The van der Waals surface area contributed by atoms with Crippen molar-refractivity contribution in [2.75, 3.05) is 6.54 Å². The van der Waals surface area contributed by atoms with E-state index in [-0.39, 0.29) is 0 Å². The third-order valence-electron chi connectivity index (χ3n) is 2.67. The summed E-state index contributed by atoms with van der Waals surface area (Å²) in [5.41, 5.74) is 1.73. The fourth-order valence-electron chi connectivity index (χ4n) is 1.66. The summed E-state index contributed by atoms with van der Waals surface area (Å²) in [7, 11) is 0. The second-order valence-electron chi connectivity index (χ2n) is 4.10. The molecule has 2 N–H and O–H groups in total. The Hall–Kier alpha value is -1.38. The molecule has 0 amide bonds. The monoisotopic (exact) mass is 292 g/mol. The molecule has 2 aromatic rings. The third-order valence-corrected chi connectivity index (χ3v) is 4.00. The number of rotatable bonds is 5. The van der Waals surface area contributed by atoms with Crippen molar-refractivity contribution in [3.63, 3.8) is 0 Å². The van der Waals surface area contributed by atoms with Crippen molar-refractivity contribution in [1.82, 2.24) is 5.32 Å². The summed E-state index contributed by atoms with van der Waals surface area (Å²) >= 11 is 7.21. The molecule has 3 nitrogen and oxygen atoms in total. The lowest BCUT2D eigenvalue weighted by Crippen LogP contribution is -2.20. The molecule has 1 atom stereocenters. The highest BCUT2D eigenvalue weighted by atomic mass is 35.5. The van der Waals surface area contributed by atoms with Crippen LogP contribution >= 0.6 is 22.9 Å². The Kier molecular flexibility index (Phi) is 4.94. The van der Waals surface area contributed by atoms with Crippen LogP contribution in [-0.2, 0) is 6.54 Å². The first-order chi connectivity index (χ1) is 9.19. The molecule has 0 aliphatic carbocycles. The first-order valence-corrected chi connectivity index (χ1v) is 7.01. The predicted octanol–water partition coefficient (Wildman–Crippen LogP) is 3.10. The predicted molar refractivity (Wildman–Crippen MR) is 77.2 cm³/mol. The minimum Gasteiger partial charge on any atom is -0.386 e. The van der Waals surface area contributed by atoms with Crippen molar-refractivity contribution in [2.45, 2.75) is 12.6 Å². The summed E-state index contributed by atoms with van der Waals surface area (Å²) in [6.45, 7) is 1.12. The summed E-state index contributed by atoms with van der Waals surface area (Å²) < 4.78 is 0.682. The van der Waals surface area contributed by atoms with Crippen LogP contribution in [0, 0.1) is 11.3 Å². The van der Waals surface area contributed by atoms with Crippen LogP contribution < -0.4 is 5.32 Å². The summed E-state index contributed by atoms with van der Waals surface area (Å²) in [5, 5.41) is 21.8. The second kappa shape index (κ2) is 6.69. The number of halogens is 1. The van der Waals surface area contributed by atoms with Gasteiger partial charge in [0.25, 0.3) is 0 Å². The Bertz CT molecular complexity index is 574. The average Bonchev–Trinajstić information content (AvgIpc) is 2.86. The van der Waals surface area contributed by atoms with Gasteiger partial charge in [0, 0.05) is 18.0 Å². The fraction of sp³-hybridized carbons (Fsp3) is 0.214. The van der Waals surface area contributed by atoms with Crippen molar-refractivity contribution in [3.8, 4) is 6.07 Å². The highest BCUT2D eigenvalue weighted by Gasteiger charge is 2.09. The van der Waals surface area contributed by atoms with Gasteiger partial charge < -0.3 is 10.4 Å². The number of nitrogens with zero attached hydrogens (tertiary/aromatic N) is 1. The van der Waals surface area contributed by atoms with Crippen molar-refractivity contribution in [1.29, 1.82) is 5.26 Å². The number of hydrogen-bond acceptors (Lipinski definition) is 4. The molecule has 0 radical (unpaired) electrons. The van der Waals surface area contributed by atoms with Gasteiger partial charge in [-0.15, -0.1) is 11.3 Å². The SMILES string of the molecule is N#Cc1ccc(CNCC(O)c2ccc(Cl)s2)cc1. The lowest BCUT2D eigenvalue weighted by atomic mass is 10.1. The van der Waals surface area contributed by atoms with Crippen molar-refractivity contribution in [3.05, 3.63) is 56.7 Å². The molecule has 98 valence electrons. The molecule has 19 heavy (non-hydrogen) atoms. The first kappa shape index (κ1) is 14.0. The molecule has 0 saturated carbocycles. The number of thiophene rings is 1. The lowest BCUT2D eigenvalue weighted by Gasteiger charge is -2.10. The second-order valence-corrected chi connectivity index (χ2v) is 5.84. The molecule has 0 bridgehead atoms. The van der Waals surface area contributed by atoms with E-state index in [0.717, 1.165) is 10.4 Å². The Balaban J connectivity index is 1.81. The molecule has 1 unspecified atom stereocenters. The van der Waals surface area contributed by atoms with Crippen LogP contribution in [-0.4, -0.2) is 11.7 Å². The summed E-state index contributed by atoms with van der Waals surface area (Å²) in [6, 6.07) is 13.1. The zero-order chi connectivity index (χ0) is 13.7. The maximum absolute atomic E-state index is 9.94. The maximum Gasteiger partial charge on any atom is 0.101 e. The van der Waals surface area contributed by atoms with Gasteiger partial charge in [-0.1, -0.05) is 23.7 Å². The van der Waals surface area contributed by atoms with Gasteiger partial charge in [0.15, 0.2) is 0 Å². The van der Waals surface area contributed by atoms with Crippen LogP contribution in [0.3, 0.4) is 0 Å². The van der Waals surface area contributed by atoms with E-state index in [1.54, 1.807) is 18.2 Å². The van der Waals surface area contributed by atoms with E-state index in [0.29, 0.717) is 23.0 Å². The van der Waals surface area contributed by atoms with Crippen LogP contribution in [0.5, 0.6) is 0 Å². The van der Waals surface area contributed by atoms with Gasteiger partial charge in [-0.25, -0.2) is 0 Å². The minimum atomic E-state index is -0.545. The quantitative estimate of drug-likeness (QED) is 0.890. The lowest BCUT2D eigenvalue weighted by molar-refractivity contribution is 0.178. The number of aliphatic hydroxyl groups excluding tert-OH is 1. The molecule has 1 heterocycles. The van der Waals surface area contributed by atoms with E-state index in [9.17, 15) is 5.11 Å². The number of nitriles is 1. The highest BCUT2D eigenvalue weighted by molar-refractivity contribution is 7.16. The topological polar surface area (TPSA) is 56.0 Å². The smallest absolute Gasteiger partial charge is 0.101 e. The number of aliphatic hydroxyl groups is 1. The fourth-order valence-corrected chi connectivity index (χ4v) is 2.71. The molecule has 0 fully saturated rings. The Morgan fingerprint density at radius 2 is 2.00 bits per heavy atom. The number of benzene rings is 1. The molecule has 0 spiro atoms. The molecule has 0 aliphatic heterocycles. The minimum absolute atomic E-state index is 0.469. The van der Waals surface area contributed by atoms with E-state index < -0.39 is 6.10 Å². The van der Waals surface area contributed by atoms with E-state index in [4.69, 9.17) is 16.9 Å². The van der Waals surface area contributed by atoms with Gasteiger partial charge in [-0.05, 0) is 29.8 Å². The van der Waals surface area contributed by atoms with Crippen LogP contribution in [0.4, 0.5) is 0 Å². The van der Waals surface area contributed by atoms with Gasteiger partial charge >= 0.3 is 0 Å². The zero-order valence-corrected chi connectivity index (χ0v) is 11.7. The van der Waals surface area contributed by atoms with Gasteiger partial charge in [0.1, 0.15) is 6.10 Å². The van der Waals surface area contributed by atoms with Crippen LogP contribution in [0.1, 0.15) is 22.1 Å². The maximum atomic E-state index is 9.94. The molecule has 1 aromatic carbocycles. The summed E-state index contributed by atoms with van der Waals surface area (Å²) in [4.78, 5) is 0.859. The van der Waals surface area contributed by atoms with Crippen LogP contribution in [0.25, 0.3) is 0 Å². The number of nitrogens with one attached hydrogen (secondary N) is 1. The summed E-state index contributed by atoms with van der Waals surface area (Å²) in [6.07, 6.45) is -0.545. The largest absolute Gasteiger partial charge is 0.386 e. The Morgan fingerprint density at radius 3 is 2.58 bits per heavy atom.